The van der Waals surface area contributed by atoms with Crippen molar-refractivity contribution in [1.29, 1.82) is 0 Å². The molecule has 0 bridgehead atoms. The molecule has 0 amide bonds. The Labute approximate surface area is 122 Å². The summed E-state index contributed by atoms with van der Waals surface area (Å²) in [5.41, 5.74) is 0.337. The minimum absolute atomic E-state index is 0.186. The van der Waals surface area contributed by atoms with Gasteiger partial charge in [-0.3, -0.25) is 0 Å². The van der Waals surface area contributed by atoms with Gasteiger partial charge in [0.1, 0.15) is 0 Å². The van der Waals surface area contributed by atoms with E-state index in [1.807, 2.05) is 13.8 Å². The molecule has 1 N–H and O–H groups in total. The van der Waals surface area contributed by atoms with Crippen LogP contribution in [-0.4, -0.2) is 43.1 Å². The maximum absolute atomic E-state index is 11.3. The molecule has 1 unspecified atom stereocenters. The van der Waals surface area contributed by atoms with Crippen LogP contribution >= 0.6 is 11.3 Å². The van der Waals surface area contributed by atoms with Crippen molar-refractivity contribution in [2.24, 2.45) is 0 Å². The fourth-order valence-electron chi connectivity index (χ4n) is 2.03. The molecule has 6 nitrogen and oxygen atoms in total. The number of methoxy groups -OCH3 is 1. The summed E-state index contributed by atoms with van der Waals surface area (Å²) in [6.45, 7) is 5.32. The van der Waals surface area contributed by atoms with E-state index in [4.69, 9.17) is 9.47 Å². The number of thiazole rings is 1. The van der Waals surface area contributed by atoms with Crippen LogP contribution < -0.4 is 5.32 Å². The molecule has 1 aliphatic heterocycles. The van der Waals surface area contributed by atoms with Gasteiger partial charge in [-0.2, -0.15) is 0 Å². The topological polar surface area (TPSA) is 69.7 Å². The van der Waals surface area contributed by atoms with Crippen molar-refractivity contribution >= 4 is 22.4 Å². The molecule has 1 fully saturated rings. The van der Waals surface area contributed by atoms with Crippen molar-refractivity contribution in [1.82, 2.24) is 4.98 Å². The van der Waals surface area contributed by atoms with Gasteiger partial charge in [-0.15, -0.1) is 11.3 Å². The van der Waals surface area contributed by atoms with Crippen molar-refractivity contribution in [2.75, 3.05) is 25.6 Å². The lowest BCUT2D eigenvalue weighted by Crippen LogP contribution is -2.40. The number of rotatable bonds is 5. The van der Waals surface area contributed by atoms with Crippen LogP contribution in [0.1, 0.15) is 37.2 Å². The Morgan fingerprint density at radius 2 is 2.45 bits per heavy atom. The highest BCUT2D eigenvalue weighted by Gasteiger charge is 2.28. The van der Waals surface area contributed by atoms with Gasteiger partial charge in [0, 0.05) is 11.9 Å². The number of hydrogen-bond acceptors (Lipinski definition) is 7. The second kappa shape index (κ2) is 6.51. The molecular formula is C13H20N2O4S. The Kier molecular flexibility index (Phi) is 4.95. The zero-order valence-corrected chi connectivity index (χ0v) is 12.8. The van der Waals surface area contributed by atoms with Gasteiger partial charge in [-0.1, -0.05) is 0 Å². The van der Waals surface area contributed by atoms with Crippen LogP contribution in [-0.2, 0) is 14.2 Å². The molecule has 1 aromatic rings. The first-order valence-electron chi connectivity index (χ1n) is 6.59. The first-order valence-corrected chi connectivity index (χ1v) is 7.47. The summed E-state index contributed by atoms with van der Waals surface area (Å²) < 4.78 is 15.9. The fraction of sp³-hybridized carbons (Fsp3) is 0.692. The van der Waals surface area contributed by atoms with E-state index < -0.39 is 11.8 Å². The number of ether oxygens (including phenoxy) is 3. The van der Waals surface area contributed by atoms with E-state index in [9.17, 15) is 4.79 Å². The Bertz CT molecular complexity index is 461. The van der Waals surface area contributed by atoms with Crippen molar-refractivity contribution in [3.05, 3.63) is 11.1 Å². The minimum atomic E-state index is -0.498. The molecule has 0 spiro atoms. The third-order valence-electron chi connectivity index (χ3n) is 2.98. The average Bonchev–Trinajstić information content (AvgIpc) is 2.85. The highest BCUT2D eigenvalue weighted by molar-refractivity contribution is 7.13. The molecule has 0 aromatic carbocycles. The van der Waals surface area contributed by atoms with Crippen molar-refractivity contribution in [2.45, 2.75) is 38.6 Å². The summed E-state index contributed by atoms with van der Waals surface area (Å²) in [4.78, 5) is 15.4. The fourth-order valence-corrected chi connectivity index (χ4v) is 2.74. The number of nitrogens with zero attached hydrogens (tertiary/aromatic N) is 1. The minimum Gasteiger partial charge on any atom is -0.464 e. The number of aromatic nitrogens is 1. The molecule has 2 rings (SSSR count). The number of anilines is 1. The maximum Gasteiger partial charge on any atom is 0.357 e. The lowest BCUT2D eigenvalue weighted by atomic mass is 10.1. The molecule has 1 atom stereocenters. The zero-order chi connectivity index (χ0) is 14.6. The largest absolute Gasteiger partial charge is 0.464 e. The average molecular weight is 300 g/mol. The van der Waals surface area contributed by atoms with Crippen LogP contribution in [0.3, 0.4) is 0 Å². The van der Waals surface area contributed by atoms with E-state index in [0.29, 0.717) is 5.69 Å². The Hall–Kier alpha value is -1.18. The number of nitrogens with one attached hydrogen (secondary N) is 1. The van der Waals surface area contributed by atoms with Crippen LogP contribution in [0.15, 0.2) is 5.38 Å². The van der Waals surface area contributed by atoms with Crippen LogP contribution in [0.25, 0.3) is 0 Å². The van der Waals surface area contributed by atoms with Gasteiger partial charge in [0.15, 0.2) is 16.6 Å². The highest BCUT2D eigenvalue weighted by Crippen LogP contribution is 2.24. The molecular weight excluding hydrogens is 280 g/mol. The maximum atomic E-state index is 11.3. The number of esters is 1. The lowest BCUT2D eigenvalue weighted by molar-refractivity contribution is -0.273. The van der Waals surface area contributed by atoms with Gasteiger partial charge < -0.3 is 19.5 Å². The zero-order valence-electron chi connectivity index (χ0n) is 12.0. The molecule has 2 heterocycles. The van der Waals surface area contributed by atoms with E-state index in [2.05, 4.69) is 15.0 Å². The monoisotopic (exact) mass is 300 g/mol. The van der Waals surface area contributed by atoms with Crippen molar-refractivity contribution < 1.29 is 19.0 Å². The van der Waals surface area contributed by atoms with Gasteiger partial charge in [-0.25, -0.2) is 9.78 Å². The van der Waals surface area contributed by atoms with Gasteiger partial charge in [0.25, 0.3) is 0 Å². The normalized spacial score (nSPS) is 21.4. The highest BCUT2D eigenvalue weighted by atomic mass is 32.1. The van der Waals surface area contributed by atoms with Crippen LogP contribution in [0.4, 0.5) is 5.13 Å². The molecule has 20 heavy (non-hydrogen) atoms. The number of carbonyl (C=O) groups excluding carboxylic acids is 1. The van der Waals surface area contributed by atoms with E-state index in [-0.39, 0.29) is 6.10 Å². The van der Waals surface area contributed by atoms with Gasteiger partial charge in [0.05, 0.1) is 19.8 Å². The molecule has 1 aromatic heterocycles. The molecule has 7 heteroatoms. The van der Waals surface area contributed by atoms with E-state index in [1.165, 1.54) is 18.4 Å². The van der Waals surface area contributed by atoms with Crippen LogP contribution in [0.2, 0.25) is 0 Å². The molecule has 1 aliphatic rings. The first-order chi connectivity index (χ1) is 9.50. The summed E-state index contributed by atoms with van der Waals surface area (Å²) >= 11 is 1.39. The molecule has 0 saturated carbocycles. The van der Waals surface area contributed by atoms with Crippen LogP contribution in [0.5, 0.6) is 0 Å². The lowest BCUT2D eigenvalue weighted by Gasteiger charge is -2.36. The van der Waals surface area contributed by atoms with E-state index >= 15 is 0 Å². The summed E-state index contributed by atoms with van der Waals surface area (Å²) in [6.07, 6.45) is 1.96. The summed E-state index contributed by atoms with van der Waals surface area (Å²) in [5, 5.41) is 5.60. The Morgan fingerprint density at radius 3 is 3.15 bits per heavy atom. The van der Waals surface area contributed by atoms with Gasteiger partial charge in [-0.05, 0) is 26.7 Å². The summed E-state index contributed by atoms with van der Waals surface area (Å²) in [5.74, 6) is -0.911. The van der Waals surface area contributed by atoms with Crippen LogP contribution in [0, 0.1) is 0 Å². The second-order valence-electron chi connectivity index (χ2n) is 5.02. The third kappa shape index (κ3) is 4.16. The Morgan fingerprint density at radius 1 is 1.65 bits per heavy atom. The van der Waals surface area contributed by atoms with Gasteiger partial charge >= 0.3 is 5.97 Å². The third-order valence-corrected chi connectivity index (χ3v) is 3.78. The number of carbonyl (C=O) groups is 1. The standard InChI is InChI=1S/C13H20N2O4S/c1-13(2)18-7-5-9(19-13)4-6-14-12-15-10(8-20-12)11(16)17-3/h8-9H,4-7H2,1-3H3,(H,14,15). The van der Waals surface area contributed by atoms with E-state index in [1.54, 1.807) is 5.38 Å². The summed E-state index contributed by atoms with van der Waals surface area (Å²) in [7, 11) is 1.35. The molecule has 1 saturated heterocycles. The smallest absolute Gasteiger partial charge is 0.357 e. The SMILES string of the molecule is COC(=O)c1csc(NCCC2CCOC(C)(C)O2)n1. The molecule has 0 radical (unpaired) electrons. The molecule has 112 valence electrons. The number of hydrogen-bond donors (Lipinski definition) is 1. The Balaban J connectivity index is 1.75. The first kappa shape index (κ1) is 15.2. The predicted molar refractivity (Wildman–Crippen MR) is 76.1 cm³/mol. The predicted octanol–water partition coefficient (Wildman–Crippen LogP) is 2.27. The summed E-state index contributed by atoms with van der Waals surface area (Å²) in [6, 6.07) is 0. The van der Waals surface area contributed by atoms with Crippen molar-refractivity contribution in [3.8, 4) is 0 Å². The molecule has 0 aliphatic carbocycles. The van der Waals surface area contributed by atoms with Gasteiger partial charge in [0.2, 0.25) is 0 Å². The second-order valence-corrected chi connectivity index (χ2v) is 5.88. The van der Waals surface area contributed by atoms with Crippen molar-refractivity contribution in [3.63, 3.8) is 0 Å². The quantitative estimate of drug-likeness (QED) is 0.841. The van der Waals surface area contributed by atoms with E-state index in [0.717, 1.165) is 31.1 Å².